The van der Waals surface area contributed by atoms with Crippen LogP contribution in [0.3, 0.4) is 0 Å². The van der Waals surface area contributed by atoms with Gasteiger partial charge in [0.15, 0.2) is 5.96 Å². The number of ether oxygens (including phenoxy) is 1. The molecule has 2 aliphatic rings. The molecule has 1 aromatic carbocycles. The van der Waals surface area contributed by atoms with Crippen LogP contribution < -0.4 is 10.2 Å². The summed E-state index contributed by atoms with van der Waals surface area (Å²) in [5, 5.41) is 3.49. The van der Waals surface area contributed by atoms with Crippen molar-refractivity contribution in [3.63, 3.8) is 0 Å². The second-order valence-electron chi connectivity index (χ2n) is 7.21. The molecule has 6 heteroatoms. The summed E-state index contributed by atoms with van der Waals surface area (Å²) in [6, 6.07) is 8.83. The van der Waals surface area contributed by atoms with Crippen molar-refractivity contribution in [3.05, 3.63) is 42.0 Å². The van der Waals surface area contributed by atoms with E-state index < -0.39 is 0 Å². The van der Waals surface area contributed by atoms with Crippen LogP contribution in [0.2, 0.25) is 0 Å². The molecule has 0 amide bonds. The summed E-state index contributed by atoms with van der Waals surface area (Å²) >= 11 is 0. The van der Waals surface area contributed by atoms with E-state index in [1.54, 1.807) is 0 Å². The molecule has 0 bridgehead atoms. The average molecular weight is 484 g/mol. The fraction of sp³-hybridized carbons (Fsp3) is 0.571. The zero-order chi connectivity index (χ0) is 18.2. The molecular weight excluding hydrogens is 451 g/mol. The first-order valence-electron chi connectivity index (χ1n) is 9.74. The second kappa shape index (κ2) is 11.5. The van der Waals surface area contributed by atoms with Gasteiger partial charge in [0, 0.05) is 59.2 Å². The number of guanidine groups is 1. The number of nitrogens with zero attached hydrogens (tertiary/aromatic N) is 3. The Kier molecular flexibility index (Phi) is 9.41. The molecule has 0 aliphatic carbocycles. The third kappa shape index (κ3) is 6.68. The highest BCUT2D eigenvalue weighted by Gasteiger charge is 2.15. The molecule has 5 nitrogen and oxygen atoms in total. The molecule has 1 N–H and O–H groups in total. The van der Waals surface area contributed by atoms with Gasteiger partial charge < -0.3 is 19.9 Å². The first-order valence-corrected chi connectivity index (χ1v) is 9.74. The van der Waals surface area contributed by atoms with Crippen molar-refractivity contribution in [2.24, 2.45) is 10.9 Å². The van der Waals surface area contributed by atoms with Crippen LogP contribution in [-0.2, 0) is 11.3 Å². The molecule has 0 radical (unpaired) electrons. The lowest BCUT2D eigenvalue weighted by atomic mass is 9.96. The smallest absolute Gasteiger partial charge is 0.193 e. The Morgan fingerprint density at radius 2 is 1.85 bits per heavy atom. The van der Waals surface area contributed by atoms with Gasteiger partial charge in [0.25, 0.3) is 0 Å². The number of hydrogen-bond donors (Lipinski definition) is 1. The van der Waals surface area contributed by atoms with E-state index in [-0.39, 0.29) is 24.0 Å². The standard InChI is InChI=1S/C21H32N4O.HI/c1-22-21(24(2)14-9-18-10-15-26-16-11-18)23-17-19-5-7-20(8-6-19)25-12-3-4-13-25;/h3-8,18H,9-17H2,1-2H3,(H,22,23);1H. The lowest BCUT2D eigenvalue weighted by Gasteiger charge is -2.27. The largest absolute Gasteiger partial charge is 0.381 e. The minimum atomic E-state index is 0. The van der Waals surface area contributed by atoms with E-state index in [1.807, 2.05) is 7.05 Å². The van der Waals surface area contributed by atoms with Crippen LogP contribution in [0.4, 0.5) is 5.69 Å². The lowest BCUT2D eigenvalue weighted by Crippen LogP contribution is -2.39. The zero-order valence-corrected chi connectivity index (χ0v) is 18.9. The highest BCUT2D eigenvalue weighted by atomic mass is 127. The molecule has 1 saturated heterocycles. The molecule has 27 heavy (non-hydrogen) atoms. The Bertz CT molecular complexity index is 603. The maximum absolute atomic E-state index is 5.45. The molecule has 0 aromatic heterocycles. The fourth-order valence-electron chi connectivity index (χ4n) is 3.60. The first-order chi connectivity index (χ1) is 12.8. The average Bonchev–Trinajstić information content (AvgIpc) is 3.23. The number of aliphatic imine (C=N–C) groups is 1. The van der Waals surface area contributed by atoms with Gasteiger partial charge in [-0.3, -0.25) is 4.99 Å². The quantitative estimate of drug-likeness (QED) is 0.291. The van der Waals surface area contributed by atoms with Crippen molar-refractivity contribution in [1.82, 2.24) is 10.2 Å². The van der Waals surface area contributed by atoms with E-state index in [2.05, 4.69) is 63.6 Å². The van der Waals surface area contributed by atoms with E-state index in [4.69, 9.17) is 4.74 Å². The minimum absolute atomic E-state index is 0. The number of hydrogen-bond acceptors (Lipinski definition) is 3. The predicted octanol–water partition coefficient (Wildman–Crippen LogP) is 3.50. The van der Waals surface area contributed by atoms with Gasteiger partial charge in [0.1, 0.15) is 0 Å². The van der Waals surface area contributed by atoms with Crippen molar-refractivity contribution in [2.75, 3.05) is 51.8 Å². The SMILES string of the molecule is CN=C(NCc1ccc(N2CC=CC2)cc1)N(C)CCC1CCOCC1.I. The summed E-state index contributed by atoms with van der Waals surface area (Å²) < 4.78 is 5.45. The third-order valence-corrected chi connectivity index (χ3v) is 5.36. The Balaban J connectivity index is 0.00000261. The van der Waals surface area contributed by atoms with Crippen LogP contribution in [0, 0.1) is 5.92 Å². The summed E-state index contributed by atoms with van der Waals surface area (Å²) in [5.74, 6) is 1.75. The normalized spacial score (nSPS) is 17.7. The Labute approximate surface area is 180 Å². The van der Waals surface area contributed by atoms with Gasteiger partial charge in [-0.15, -0.1) is 24.0 Å². The number of nitrogens with one attached hydrogen (secondary N) is 1. The molecule has 2 heterocycles. The van der Waals surface area contributed by atoms with Gasteiger partial charge in [-0.1, -0.05) is 24.3 Å². The minimum Gasteiger partial charge on any atom is -0.381 e. The van der Waals surface area contributed by atoms with Gasteiger partial charge in [0.2, 0.25) is 0 Å². The zero-order valence-electron chi connectivity index (χ0n) is 16.6. The Hall–Kier alpha value is -1.28. The molecule has 2 aliphatic heterocycles. The number of rotatable bonds is 6. The van der Waals surface area contributed by atoms with Gasteiger partial charge in [-0.25, -0.2) is 0 Å². The molecule has 0 unspecified atom stereocenters. The number of benzene rings is 1. The van der Waals surface area contributed by atoms with E-state index in [9.17, 15) is 0 Å². The maximum atomic E-state index is 5.45. The molecule has 1 aromatic rings. The van der Waals surface area contributed by atoms with Crippen LogP contribution in [0.1, 0.15) is 24.8 Å². The van der Waals surface area contributed by atoms with E-state index >= 15 is 0 Å². The maximum Gasteiger partial charge on any atom is 0.193 e. The van der Waals surface area contributed by atoms with Crippen LogP contribution in [0.5, 0.6) is 0 Å². The fourth-order valence-corrected chi connectivity index (χ4v) is 3.60. The topological polar surface area (TPSA) is 40.1 Å². The summed E-state index contributed by atoms with van der Waals surface area (Å²) in [6.07, 6.45) is 8.03. The van der Waals surface area contributed by atoms with Crippen molar-refractivity contribution >= 4 is 35.6 Å². The molecule has 0 spiro atoms. The molecule has 0 atom stereocenters. The summed E-state index contributed by atoms with van der Waals surface area (Å²) in [5.41, 5.74) is 2.57. The summed E-state index contributed by atoms with van der Waals surface area (Å²) in [6.45, 7) is 5.71. The highest BCUT2D eigenvalue weighted by Crippen LogP contribution is 2.19. The molecule has 0 saturated carbocycles. The van der Waals surface area contributed by atoms with Crippen LogP contribution >= 0.6 is 24.0 Å². The summed E-state index contributed by atoms with van der Waals surface area (Å²) in [4.78, 5) is 9.03. The van der Waals surface area contributed by atoms with Crippen LogP contribution in [0.25, 0.3) is 0 Å². The van der Waals surface area contributed by atoms with Gasteiger partial charge in [0.05, 0.1) is 0 Å². The monoisotopic (exact) mass is 484 g/mol. The highest BCUT2D eigenvalue weighted by molar-refractivity contribution is 14.0. The van der Waals surface area contributed by atoms with E-state index in [0.29, 0.717) is 0 Å². The van der Waals surface area contributed by atoms with Gasteiger partial charge >= 0.3 is 0 Å². The lowest BCUT2D eigenvalue weighted by molar-refractivity contribution is 0.0625. The van der Waals surface area contributed by atoms with Gasteiger partial charge in [-0.2, -0.15) is 0 Å². The van der Waals surface area contributed by atoms with Crippen LogP contribution in [0.15, 0.2) is 41.4 Å². The van der Waals surface area contributed by atoms with Crippen molar-refractivity contribution in [2.45, 2.75) is 25.8 Å². The molecular formula is C21H33IN4O. The number of anilines is 1. The first kappa shape index (κ1) is 22.0. The predicted molar refractivity (Wildman–Crippen MR) is 124 cm³/mol. The van der Waals surface area contributed by atoms with Crippen LogP contribution in [-0.4, -0.2) is 57.8 Å². The van der Waals surface area contributed by atoms with E-state index in [0.717, 1.165) is 51.3 Å². The van der Waals surface area contributed by atoms with Crippen molar-refractivity contribution in [1.29, 1.82) is 0 Å². The Morgan fingerprint density at radius 3 is 2.48 bits per heavy atom. The van der Waals surface area contributed by atoms with Crippen molar-refractivity contribution < 1.29 is 4.74 Å². The second-order valence-corrected chi connectivity index (χ2v) is 7.21. The third-order valence-electron chi connectivity index (χ3n) is 5.36. The van der Waals surface area contributed by atoms with E-state index in [1.165, 1.54) is 30.5 Å². The van der Waals surface area contributed by atoms with Gasteiger partial charge in [-0.05, 0) is 42.9 Å². The molecule has 150 valence electrons. The Morgan fingerprint density at radius 1 is 1.19 bits per heavy atom. The van der Waals surface area contributed by atoms with Crippen molar-refractivity contribution in [3.8, 4) is 0 Å². The molecule has 3 rings (SSSR count). The molecule has 1 fully saturated rings. The summed E-state index contributed by atoms with van der Waals surface area (Å²) in [7, 11) is 3.98. The number of halogens is 1.